The fourth-order valence-corrected chi connectivity index (χ4v) is 2.48. The normalized spacial score (nSPS) is 19.9. The van der Waals surface area contributed by atoms with Gasteiger partial charge in [0.1, 0.15) is 5.01 Å². The van der Waals surface area contributed by atoms with E-state index in [0.29, 0.717) is 5.01 Å². The lowest BCUT2D eigenvalue weighted by Gasteiger charge is -2.20. The van der Waals surface area contributed by atoms with Gasteiger partial charge in [0, 0.05) is 0 Å². The highest BCUT2D eigenvalue weighted by molar-refractivity contribution is 7.13. The van der Waals surface area contributed by atoms with E-state index in [0.717, 1.165) is 18.0 Å². The zero-order valence-electron chi connectivity index (χ0n) is 8.93. The molecule has 16 heavy (non-hydrogen) atoms. The number of hydrogen-bond donors (Lipinski definition) is 1. The van der Waals surface area contributed by atoms with Gasteiger partial charge in [0.2, 0.25) is 5.01 Å². The van der Waals surface area contributed by atoms with Crippen molar-refractivity contribution in [3.8, 4) is 0 Å². The van der Waals surface area contributed by atoms with Crippen molar-refractivity contribution in [1.29, 1.82) is 0 Å². The van der Waals surface area contributed by atoms with Crippen LogP contribution in [0.1, 0.15) is 40.1 Å². The monoisotopic (exact) mass is 263 g/mol. The van der Waals surface area contributed by atoms with Gasteiger partial charge in [-0.25, -0.2) is 4.79 Å². The summed E-state index contributed by atoms with van der Waals surface area (Å²) >= 11 is 1.31. The molecule has 0 bridgehead atoms. The predicted octanol–water partition coefficient (Wildman–Crippen LogP) is 1.56. The maximum atomic E-state index is 11.2. The number of nitrogens with zero attached hydrogens (tertiary/aromatic N) is 2. The molecule has 0 radical (unpaired) electrons. The fourth-order valence-electron chi connectivity index (χ4n) is 1.61. The summed E-state index contributed by atoms with van der Waals surface area (Å²) in [6.45, 7) is 1.01. The summed E-state index contributed by atoms with van der Waals surface area (Å²) < 4.78 is 4.59. The minimum Gasteiger partial charge on any atom is -0.464 e. The van der Waals surface area contributed by atoms with Gasteiger partial charge in [-0.2, -0.15) is 0 Å². The maximum Gasteiger partial charge on any atom is 0.369 e. The number of ether oxygens (including phenoxy) is 1. The number of esters is 1. The van der Waals surface area contributed by atoms with E-state index < -0.39 is 5.97 Å². The molecule has 0 aliphatic carbocycles. The van der Waals surface area contributed by atoms with E-state index in [1.807, 2.05) is 0 Å². The summed E-state index contributed by atoms with van der Waals surface area (Å²) in [5.41, 5.74) is 0. The highest BCUT2D eigenvalue weighted by Gasteiger charge is 2.21. The van der Waals surface area contributed by atoms with E-state index in [9.17, 15) is 4.79 Å². The van der Waals surface area contributed by atoms with Gasteiger partial charge in [-0.05, 0) is 19.4 Å². The zero-order chi connectivity index (χ0) is 10.7. The Kier molecular flexibility index (Phi) is 5.11. The van der Waals surface area contributed by atoms with Crippen LogP contribution in [0.3, 0.4) is 0 Å². The van der Waals surface area contributed by atoms with Crippen LogP contribution in [0, 0.1) is 0 Å². The number of aromatic nitrogens is 2. The third-order valence-electron chi connectivity index (χ3n) is 2.41. The van der Waals surface area contributed by atoms with Crippen LogP contribution in [-0.4, -0.2) is 29.8 Å². The molecule has 0 spiro atoms. The molecule has 0 aromatic carbocycles. The Balaban J connectivity index is 0.00000128. The van der Waals surface area contributed by atoms with Crippen molar-refractivity contribution in [3.05, 3.63) is 10.0 Å². The van der Waals surface area contributed by atoms with E-state index in [1.165, 1.54) is 31.3 Å². The Morgan fingerprint density at radius 2 is 2.31 bits per heavy atom. The molecule has 1 atom stereocenters. The second-order valence-electron chi connectivity index (χ2n) is 3.44. The van der Waals surface area contributed by atoms with Crippen LogP contribution < -0.4 is 5.32 Å². The summed E-state index contributed by atoms with van der Waals surface area (Å²) in [5, 5.41) is 12.4. The number of rotatable bonds is 2. The molecule has 1 aliphatic rings. The van der Waals surface area contributed by atoms with Gasteiger partial charge < -0.3 is 10.1 Å². The summed E-state index contributed by atoms with van der Waals surface area (Å²) in [4.78, 5) is 11.2. The molecule has 0 amide bonds. The van der Waals surface area contributed by atoms with Crippen LogP contribution in [-0.2, 0) is 4.74 Å². The average molecular weight is 264 g/mol. The molecule has 1 aromatic heterocycles. The van der Waals surface area contributed by atoms with E-state index in [2.05, 4.69) is 20.3 Å². The maximum absolute atomic E-state index is 11.2. The summed E-state index contributed by atoms with van der Waals surface area (Å²) in [6, 6.07) is 0.259. The van der Waals surface area contributed by atoms with Gasteiger partial charge in [-0.15, -0.1) is 22.6 Å². The molecular weight excluding hydrogens is 250 g/mol. The summed E-state index contributed by atoms with van der Waals surface area (Å²) in [7, 11) is 1.35. The quantitative estimate of drug-likeness (QED) is 0.821. The number of piperidine rings is 1. The lowest BCUT2D eigenvalue weighted by Crippen LogP contribution is -2.26. The van der Waals surface area contributed by atoms with Crippen LogP contribution in [0.4, 0.5) is 0 Å². The van der Waals surface area contributed by atoms with Gasteiger partial charge in [0.05, 0.1) is 13.2 Å². The van der Waals surface area contributed by atoms with Crippen molar-refractivity contribution in [2.24, 2.45) is 0 Å². The SMILES string of the molecule is COC(=O)c1nnc(C2CCCCN2)s1.Cl. The average Bonchev–Trinajstić information content (AvgIpc) is 2.78. The van der Waals surface area contributed by atoms with Gasteiger partial charge in [0.15, 0.2) is 0 Å². The second kappa shape index (κ2) is 6.12. The Bertz CT molecular complexity index is 352. The molecule has 5 nitrogen and oxygen atoms in total. The molecule has 2 rings (SSSR count). The third-order valence-corrected chi connectivity index (χ3v) is 3.43. The topological polar surface area (TPSA) is 64.1 Å². The molecule has 2 heterocycles. The second-order valence-corrected chi connectivity index (χ2v) is 4.45. The Morgan fingerprint density at radius 1 is 1.50 bits per heavy atom. The van der Waals surface area contributed by atoms with Crippen LogP contribution in [0.15, 0.2) is 0 Å². The van der Waals surface area contributed by atoms with Crippen molar-refractivity contribution in [3.63, 3.8) is 0 Å². The first-order valence-corrected chi connectivity index (χ1v) is 5.78. The minimum atomic E-state index is -0.408. The van der Waals surface area contributed by atoms with Crippen LogP contribution in [0.2, 0.25) is 0 Å². The number of carbonyl (C=O) groups is 1. The minimum absolute atomic E-state index is 0. The first-order valence-electron chi connectivity index (χ1n) is 4.96. The van der Waals surface area contributed by atoms with Crippen molar-refractivity contribution in [2.75, 3.05) is 13.7 Å². The highest BCUT2D eigenvalue weighted by Crippen LogP contribution is 2.25. The molecular formula is C9H14ClN3O2S. The van der Waals surface area contributed by atoms with Crippen molar-refractivity contribution in [2.45, 2.75) is 25.3 Å². The molecule has 1 aromatic rings. The van der Waals surface area contributed by atoms with Crippen molar-refractivity contribution in [1.82, 2.24) is 15.5 Å². The van der Waals surface area contributed by atoms with Gasteiger partial charge in [0.25, 0.3) is 0 Å². The van der Waals surface area contributed by atoms with Gasteiger partial charge >= 0.3 is 5.97 Å². The number of methoxy groups -OCH3 is 1. The molecule has 1 unspecified atom stereocenters. The lowest BCUT2D eigenvalue weighted by atomic mass is 10.1. The van der Waals surface area contributed by atoms with Crippen molar-refractivity contribution < 1.29 is 9.53 Å². The highest BCUT2D eigenvalue weighted by atomic mass is 35.5. The van der Waals surface area contributed by atoms with Gasteiger partial charge in [-0.3, -0.25) is 0 Å². The van der Waals surface area contributed by atoms with Crippen LogP contribution in [0.25, 0.3) is 0 Å². The van der Waals surface area contributed by atoms with E-state index in [-0.39, 0.29) is 18.4 Å². The van der Waals surface area contributed by atoms with E-state index >= 15 is 0 Å². The molecule has 1 aliphatic heterocycles. The predicted molar refractivity (Wildman–Crippen MR) is 63.1 cm³/mol. The first-order chi connectivity index (χ1) is 7.31. The van der Waals surface area contributed by atoms with Crippen molar-refractivity contribution >= 4 is 29.7 Å². The molecule has 1 N–H and O–H groups in total. The Morgan fingerprint density at radius 3 is 2.94 bits per heavy atom. The molecule has 90 valence electrons. The molecule has 0 saturated carbocycles. The van der Waals surface area contributed by atoms with Gasteiger partial charge in [-0.1, -0.05) is 17.8 Å². The summed E-state index contributed by atoms with van der Waals surface area (Å²) in [5.74, 6) is -0.408. The number of nitrogens with one attached hydrogen (secondary N) is 1. The molecule has 7 heteroatoms. The number of carbonyl (C=O) groups excluding carboxylic acids is 1. The fraction of sp³-hybridized carbons (Fsp3) is 0.667. The third kappa shape index (κ3) is 2.90. The number of halogens is 1. The van der Waals surface area contributed by atoms with E-state index in [1.54, 1.807) is 0 Å². The molecule has 1 fully saturated rings. The zero-order valence-corrected chi connectivity index (χ0v) is 10.6. The standard InChI is InChI=1S/C9H13N3O2S.ClH/c1-14-9(13)8-12-11-7(15-8)6-4-2-3-5-10-6;/h6,10H,2-5H2,1H3;1H. The molecule has 1 saturated heterocycles. The van der Waals surface area contributed by atoms with E-state index in [4.69, 9.17) is 0 Å². The van der Waals surface area contributed by atoms with Crippen LogP contribution >= 0.6 is 23.7 Å². The lowest BCUT2D eigenvalue weighted by molar-refractivity contribution is 0.0599. The smallest absolute Gasteiger partial charge is 0.369 e. The Hall–Kier alpha value is -0.720. The summed E-state index contributed by atoms with van der Waals surface area (Å²) in [6.07, 6.45) is 3.47. The Labute approximate surface area is 104 Å². The van der Waals surface area contributed by atoms with Crippen LogP contribution in [0.5, 0.6) is 0 Å². The first kappa shape index (κ1) is 13.3. The number of hydrogen-bond acceptors (Lipinski definition) is 6. The largest absolute Gasteiger partial charge is 0.464 e.